The van der Waals surface area contributed by atoms with Gasteiger partial charge in [-0.15, -0.1) is 0 Å². The monoisotopic (exact) mass is 176 g/mol. The molecule has 5 heteroatoms. The lowest BCUT2D eigenvalue weighted by molar-refractivity contribution is -0.105. The standard InChI is InChI=1S/C8H8N4O/c1-5-2-3-6-8(11-12-10-6)7(5)9-4-13/h2-4H,1H3,(H,9,13)(H,10,11,12). The molecule has 2 aromatic rings. The molecule has 2 N–H and O–H groups in total. The highest BCUT2D eigenvalue weighted by Gasteiger charge is 2.06. The van der Waals surface area contributed by atoms with Crippen LogP contribution in [0.5, 0.6) is 0 Å². The van der Waals surface area contributed by atoms with Crippen molar-refractivity contribution in [1.82, 2.24) is 15.4 Å². The minimum Gasteiger partial charge on any atom is -0.327 e. The number of fused-ring (bicyclic) bond motifs is 1. The van der Waals surface area contributed by atoms with E-state index in [2.05, 4.69) is 20.7 Å². The summed E-state index contributed by atoms with van der Waals surface area (Å²) in [6.45, 7) is 1.90. The number of hydrogen-bond donors (Lipinski definition) is 2. The number of benzene rings is 1. The number of anilines is 1. The summed E-state index contributed by atoms with van der Waals surface area (Å²) in [7, 11) is 0. The van der Waals surface area contributed by atoms with Crippen LogP contribution in [-0.2, 0) is 4.79 Å². The Hall–Kier alpha value is -1.91. The van der Waals surface area contributed by atoms with Gasteiger partial charge >= 0.3 is 0 Å². The van der Waals surface area contributed by atoms with E-state index in [1.807, 2.05) is 19.1 Å². The fraction of sp³-hybridized carbons (Fsp3) is 0.125. The Kier molecular flexibility index (Phi) is 1.70. The van der Waals surface area contributed by atoms with Gasteiger partial charge in [0.15, 0.2) is 0 Å². The van der Waals surface area contributed by atoms with Gasteiger partial charge in [-0.1, -0.05) is 6.07 Å². The van der Waals surface area contributed by atoms with Crippen LogP contribution in [0.4, 0.5) is 5.69 Å². The first-order valence-corrected chi connectivity index (χ1v) is 3.83. The van der Waals surface area contributed by atoms with Crippen LogP contribution in [0, 0.1) is 6.92 Å². The topological polar surface area (TPSA) is 70.7 Å². The Balaban J connectivity index is 2.72. The molecule has 13 heavy (non-hydrogen) atoms. The lowest BCUT2D eigenvalue weighted by Crippen LogP contribution is -1.97. The molecule has 5 nitrogen and oxygen atoms in total. The summed E-state index contributed by atoms with van der Waals surface area (Å²) in [5.74, 6) is 0. The summed E-state index contributed by atoms with van der Waals surface area (Å²) in [5, 5.41) is 13.0. The molecule has 2 rings (SSSR count). The molecule has 0 spiro atoms. The number of aromatic nitrogens is 3. The Labute approximate surface area is 74.1 Å². The number of aromatic amines is 1. The summed E-state index contributed by atoms with van der Waals surface area (Å²) in [4.78, 5) is 10.3. The van der Waals surface area contributed by atoms with E-state index in [4.69, 9.17) is 0 Å². The van der Waals surface area contributed by atoms with E-state index < -0.39 is 0 Å². The first kappa shape index (κ1) is 7.72. The van der Waals surface area contributed by atoms with Crippen molar-refractivity contribution in [3.8, 4) is 0 Å². The molecule has 1 amide bonds. The van der Waals surface area contributed by atoms with E-state index >= 15 is 0 Å². The van der Waals surface area contributed by atoms with Gasteiger partial charge in [0.1, 0.15) is 11.0 Å². The van der Waals surface area contributed by atoms with Crippen molar-refractivity contribution in [2.75, 3.05) is 5.32 Å². The number of aryl methyl sites for hydroxylation is 1. The molecule has 0 saturated heterocycles. The van der Waals surface area contributed by atoms with Crippen molar-refractivity contribution >= 4 is 23.1 Å². The van der Waals surface area contributed by atoms with E-state index in [0.717, 1.165) is 11.1 Å². The van der Waals surface area contributed by atoms with Crippen molar-refractivity contribution in [2.45, 2.75) is 6.92 Å². The second-order valence-corrected chi connectivity index (χ2v) is 2.71. The molecule has 66 valence electrons. The quantitative estimate of drug-likeness (QED) is 0.666. The Morgan fingerprint density at radius 2 is 2.31 bits per heavy atom. The average molecular weight is 176 g/mol. The Bertz CT molecular complexity index is 448. The molecule has 1 heterocycles. The van der Waals surface area contributed by atoms with Crippen LogP contribution < -0.4 is 5.32 Å². The van der Waals surface area contributed by atoms with Crippen molar-refractivity contribution in [3.05, 3.63) is 17.7 Å². The van der Waals surface area contributed by atoms with Crippen LogP contribution in [0.15, 0.2) is 12.1 Å². The van der Waals surface area contributed by atoms with Crippen LogP contribution in [0.25, 0.3) is 11.0 Å². The van der Waals surface area contributed by atoms with Gasteiger partial charge in [0.25, 0.3) is 0 Å². The van der Waals surface area contributed by atoms with Crippen LogP contribution in [0.3, 0.4) is 0 Å². The molecule has 0 aliphatic carbocycles. The maximum absolute atomic E-state index is 10.3. The lowest BCUT2D eigenvalue weighted by Gasteiger charge is -2.02. The molecule has 0 atom stereocenters. The molecule has 1 aromatic heterocycles. The van der Waals surface area contributed by atoms with Gasteiger partial charge in [-0.3, -0.25) is 4.79 Å². The second kappa shape index (κ2) is 2.85. The molecule has 0 unspecified atom stereocenters. The summed E-state index contributed by atoms with van der Waals surface area (Å²) in [6, 6.07) is 3.74. The first-order valence-electron chi connectivity index (χ1n) is 3.83. The van der Waals surface area contributed by atoms with Gasteiger partial charge in [0.05, 0.1) is 5.69 Å². The zero-order valence-corrected chi connectivity index (χ0v) is 7.03. The highest BCUT2D eigenvalue weighted by molar-refractivity contribution is 5.93. The van der Waals surface area contributed by atoms with Crippen molar-refractivity contribution < 1.29 is 4.79 Å². The third kappa shape index (κ3) is 1.14. The van der Waals surface area contributed by atoms with Gasteiger partial charge in [-0.2, -0.15) is 15.4 Å². The SMILES string of the molecule is Cc1ccc2n[nH]nc2c1NC=O. The molecular weight excluding hydrogens is 168 g/mol. The molecule has 0 radical (unpaired) electrons. The van der Waals surface area contributed by atoms with Crippen molar-refractivity contribution in [2.24, 2.45) is 0 Å². The maximum Gasteiger partial charge on any atom is 0.211 e. The van der Waals surface area contributed by atoms with Gasteiger partial charge in [-0.05, 0) is 18.6 Å². The minimum absolute atomic E-state index is 0.635. The van der Waals surface area contributed by atoms with Gasteiger partial charge in [0, 0.05) is 0 Å². The van der Waals surface area contributed by atoms with Crippen LogP contribution >= 0.6 is 0 Å². The number of rotatable bonds is 2. The lowest BCUT2D eigenvalue weighted by atomic mass is 10.2. The molecule has 0 bridgehead atoms. The Morgan fingerprint density at radius 1 is 1.46 bits per heavy atom. The number of hydrogen-bond acceptors (Lipinski definition) is 3. The van der Waals surface area contributed by atoms with E-state index in [0.29, 0.717) is 17.6 Å². The smallest absolute Gasteiger partial charge is 0.211 e. The van der Waals surface area contributed by atoms with Gasteiger partial charge in [0.2, 0.25) is 6.41 Å². The van der Waals surface area contributed by atoms with Crippen LogP contribution in [-0.4, -0.2) is 21.8 Å². The zero-order valence-electron chi connectivity index (χ0n) is 7.03. The second-order valence-electron chi connectivity index (χ2n) is 2.71. The third-order valence-corrected chi connectivity index (χ3v) is 1.90. The summed E-state index contributed by atoms with van der Waals surface area (Å²) in [6.07, 6.45) is 0.635. The van der Waals surface area contributed by atoms with Crippen LogP contribution in [0.2, 0.25) is 0 Å². The van der Waals surface area contributed by atoms with Crippen molar-refractivity contribution in [3.63, 3.8) is 0 Å². The predicted molar refractivity (Wildman–Crippen MR) is 48.3 cm³/mol. The maximum atomic E-state index is 10.3. The predicted octanol–water partition coefficient (Wildman–Crippen LogP) is 0.835. The minimum atomic E-state index is 0.635. The summed E-state index contributed by atoms with van der Waals surface area (Å²) >= 11 is 0. The molecular formula is C8H8N4O. The molecule has 1 aromatic carbocycles. The number of carbonyl (C=O) groups is 1. The Morgan fingerprint density at radius 3 is 3.08 bits per heavy atom. The number of H-pyrrole nitrogens is 1. The van der Waals surface area contributed by atoms with E-state index in [1.165, 1.54) is 0 Å². The van der Waals surface area contributed by atoms with E-state index in [-0.39, 0.29) is 0 Å². The summed E-state index contributed by atoms with van der Waals surface area (Å²) < 4.78 is 0. The largest absolute Gasteiger partial charge is 0.327 e. The average Bonchev–Trinajstić information content (AvgIpc) is 2.58. The van der Waals surface area contributed by atoms with Gasteiger partial charge < -0.3 is 5.32 Å². The number of carbonyl (C=O) groups excluding carboxylic acids is 1. The fourth-order valence-corrected chi connectivity index (χ4v) is 1.25. The molecule has 0 saturated carbocycles. The normalized spacial score (nSPS) is 10.2. The number of amides is 1. The first-order chi connectivity index (χ1) is 6.33. The van der Waals surface area contributed by atoms with E-state index in [1.54, 1.807) is 0 Å². The number of nitrogens with zero attached hydrogens (tertiary/aromatic N) is 2. The fourth-order valence-electron chi connectivity index (χ4n) is 1.25. The number of nitrogens with one attached hydrogen (secondary N) is 2. The van der Waals surface area contributed by atoms with E-state index in [9.17, 15) is 4.79 Å². The highest BCUT2D eigenvalue weighted by atomic mass is 16.1. The van der Waals surface area contributed by atoms with Crippen molar-refractivity contribution in [1.29, 1.82) is 0 Å². The highest BCUT2D eigenvalue weighted by Crippen LogP contribution is 2.22. The molecule has 0 aliphatic heterocycles. The van der Waals surface area contributed by atoms with Crippen LogP contribution in [0.1, 0.15) is 5.56 Å². The zero-order chi connectivity index (χ0) is 9.26. The van der Waals surface area contributed by atoms with Gasteiger partial charge in [-0.25, -0.2) is 0 Å². The molecule has 0 fully saturated rings. The third-order valence-electron chi connectivity index (χ3n) is 1.90. The molecule has 0 aliphatic rings. The summed E-state index contributed by atoms with van der Waals surface area (Å²) in [5.41, 5.74) is 3.11.